The topological polar surface area (TPSA) is 88.7 Å². The average molecular weight is 508 g/mol. The van der Waals surface area contributed by atoms with Crippen molar-refractivity contribution in [1.29, 1.82) is 0 Å². The SMILES string of the molecule is CC(C)c1cccc(NC(N)=NCc2cccc(NC(=O)C3CCCO3)c2)c1.I. The third-order valence-corrected chi connectivity index (χ3v) is 4.67. The van der Waals surface area contributed by atoms with E-state index in [0.29, 0.717) is 25.0 Å². The van der Waals surface area contributed by atoms with Crippen molar-refractivity contribution in [3.05, 3.63) is 59.7 Å². The van der Waals surface area contributed by atoms with Gasteiger partial charge in [0.25, 0.3) is 5.91 Å². The molecule has 0 saturated carbocycles. The summed E-state index contributed by atoms with van der Waals surface area (Å²) in [7, 11) is 0. The van der Waals surface area contributed by atoms with Crippen molar-refractivity contribution in [3.8, 4) is 0 Å². The summed E-state index contributed by atoms with van der Waals surface area (Å²) in [5, 5.41) is 6.04. The quantitative estimate of drug-likeness (QED) is 0.305. The van der Waals surface area contributed by atoms with Gasteiger partial charge in [0.2, 0.25) is 0 Å². The molecule has 1 aliphatic heterocycles. The fourth-order valence-corrected chi connectivity index (χ4v) is 3.09. The Morgan fingerprint density at radius 3 is 2.59 bits per heavy atom. The minimum Gasteiger partial charge on any atom is -0.370 e. The molecule has 0 aromatic heterocycles. The summed E-state index contributed by atoms with van der Waals surface area (Å²) < 4.78 is 5.42. The lowest BCUT2D eigenvalue weighted by Crippen LogP contribution is -2.26. The third-order valence-electron chi connectivity index (χ3n) is 4.67. The van der Waals surface area contributed by atoms with Crippen molar-refractivity contribution in [1.82, 2.24) is 0 Å². The van der Waals surface area contributed by atoms with E-state index in [1.165, 1.54) is 5.56 Å². The lowest BCUT2D eigenvalue weighted by Gasteiger charge is -2.11. The van der Waals surface area contributed by atoms with E-state index >= 15 is 0 Å². The van der Waals surface area contributed by atoms with Crippen LogP contribution in [-0.2, 0) is 16.1 Å². The van der Waals surface area contributed by atoms with E-state index in [4.69, 9.17) is 10.5 Å². The zero-order valence-corrected chi connectivity index (χ0v) is 19.2. The molecule has 1 amide bonds. The molecule has 1 heterocycles. The number of anilines is 2. The minimum atomic E-state index is -0.344. The Balaban J connectivity index is 0.00000300. The van der Waals surface area contributed by atoms with Gasteiger partial charge in [-0.3, -0.25) is 4.79 Å². The number of nitrogens with one attached hydrogen (secondary N) is 2. The van der Waals surface area contributed by atoms with Gasteiger partial charge in [-0.15, -0.1) is 24.0 Å². The first kappa shape index (κ1) is 23.2. The first-order valence-electron chi connectivity index (χ1n) is 9.69. The predicted octanol–water partition coefficient (Wildman–Crippen LogP) is 4.47. The Bertz CT molecular complexity index is 848. The van der Waals surface area contributed by atoms with Crippen LogP contribution in [0.1, 0.15) is 43.7 Å². The van der Waals surface area contributed by atoms with Crippen LogP contribution in [0.3, 0.4) is 0 Å². The molecular formula is C22H29IN4O2. The number of ether oxygens (including phenoxy) is 1. The Kier molecular flexibility index (Phi) is 8.91. The molecule has 6 nitrogen and oxygen atoms in total. The van der Waals surface area contributed by atoms with Crippen molar-refractivity contribution in [2.75, 3.05) is 17.2 Å². The molecule has 0 aliphatic carbocycles. The minimum absolute atomic E-state index is 0. The van der Waals surface area contributed by atoms with Crippen molar-refractivity contribution in [3.63, 3.8) is 0 Å². The van der Waals surface area contributed by atoms with Gasteiger partial charge in [-0.2, -0.15) is 0 Å². The van der Waals surface area contributed by atoms with Gasteiger partial charge in [0, 0.05) is 18.0 Å². The molecule has 29 heavy (non-hydrogen) atoms. The van der Waals surface area contributed by atoms with E-state index in [0.717, 1.165) is 29.8 Å². The van der Waals surface area contributed by atoms with Crippen LogP contribution < -0.4 is 16.4 Å². The number of hydrogen-bond donors (Lipinski definition) is 3. The summed E-state index contributed by atoms with van der Waals surface area (Å²) in [6.07, 6.45) is 1.36. The van der Waals surface area contributed by atoms with Crippen molar-refractivity contribution in [2.45, 2.75) is 45.3 Å². The number of nitrogens with two attached hydrogens (primary N) is 1. The highest BCUT2D eigenvalue weighted by molar-refractivity contribution is 14.0. The van der Waals surface area contributed by atoms with E-state index in [-0.39, 0.29) is 36.0 Å². The van der Waals surface area contributed by atoms with Gasteiger partial charge in [0.15, 0.2) is 5.96 Å². The number of rotatable bonds is 6. The van der Waals surface area contributed by atoms with Crippen LogP contribution in [0.2, 0.25) is 0 Å². The van der Waals surface area contributed by atoms with Gasteiger partial charge in [0.1, 0.15) is 6.10 Å². The Morgan fingerprint density at radius 2 is 1.90 bits per heavy atom. The number of nitrogens with zero attached hydrogens (tertiary/aromatic N) is 1. The second-order valence-electron chi connectivity index (χ2n) is 7.30. The van der Waals surface area contributed by atoms with Crippen LogP contribution in [0.15, 0.2) is 53.5 Å². The zero-order valence-electron chi connectivity index (χ0n) is 16.9. The lowest BCUT2D eigenvalue weighted by molar-refractivity contribution is -0.124. The molecule has 3 rings (SSSR count). The maximum Gasteiger partial charge on any atom is 0.253 e. The summed E-state index contributed by atoms with van der Waals surface area (Å²) in [6.45, 7) is 5.38. The highest BCUT2D eigenvalue weighted by atomic mass is 127. The summed E-state index contributed by atoms with van der Waals surface area (Å²) in [4.78, 5) is 16.6. The molecule has 1 aliphatic rings. The summed E-state index contributed by atoms with van der Waals surface area (Å²) >= 11 is 0. The molecule has 2 aromatic carbocycles. The number of aliphatic imine (C=N–C) groups is 1. The fraction of sp³-hybridized carbons (Fsp3) is 0.364. The molecule has 7 heteroatoms. The zero-order chi connectivity index (χ0) is 19.9. The van der Waals surface area contributed by atoms with Gasteiger partial charge < -0.3 is 21.1 Å². The normalized spacial score (nSPS) is 16.4. The standard InChI is InChI=1S/C22H28N4O2.HI/c1-15(2)17-7-4-9-19(13-17)26-22(23)24-14-16-6-3-8-18(12-16)25-21(27)20-10-5-11-28-20;/h3-4,6-9,12-13,15,20H,5,10-11,14H2,1-2H3,(H,25,27)(H3,23,24,26);1H. The number of halogens is 1. The monoisotopic (exact) mass is 508 g/mol. The first-order chi connectivity index (χ1) is 13.5. The van der Waals surface area contributed by atoms with Gasteiger partial charge in [0.05, 0.1) is 6.54 Å². The summed E-state index contributed by atoms with van der Waals surface area (Å²) in [5.74, 6) is 0.714. The molecule has 0 bridgehead atoms. The van der Waals surface area contributed by atoms with Crippen LogP contribution in [-0.4, -0.2) is 24.6 Å². The second kappa shape index (κ2) is 11.2. The van der Waals surface area contributed by atoms with Crippen LogP contribution in [0, 0.1) is 0 Å². The lowest BCUT2D eigenvalue weighted by atomic mass is 10.0. The molecule has 0 radical (unpaired) electrons. The van der Waals surface area contributed by atoms with Crippen LogP contribution in [0.4, 0.5) is 11.4 Å². The maximum absolute atomic E-state index is 12.2. The predicted molar refractivity (Wildman–Crippen MR) is 129 cm³/mol. The number of carbonyl (C=O) groups excluding carboxylic acids is 1. The molecule has 1 atom stereocenters. The fourth-order valence-electron chi connectivity index (χ4n) is 3.09. The van der Waals surface area contributed by atoms with Crippen LogP contribution in [0.25, 0.3) is 0 Å². The maximum atomic E-state index is 12.2. The van der Waals surface area contributed by atoms with Crippen LogP contribution in [0.5, 0.6) is 0 Å². The number of amides is 1. The Hall–Kier alpha value is -2.13. The average Bonchev–Trinajstić information content (AvgIpc) is 3.22. The largest absolute Gasteiger partial charge is 0.370 e. The third kappa shape index (κ3) is 7.01. The van der Waals surface area contributed by atoms with E-state index in [9.17, 15) is 4.79 Å². The smallest absolute Gasteiger partial charge is 0.253 e. The van der Waals surface area contributed by atoms with E-state index in [2.05, 4.69) is 41.6 Å². The van der Waals surface area contributed by atoms with E-state index in [1.807, 2.05) is 36.4 Å². The highest BCUT2D eigenvalue weighted by Gasteiger charge is 2.23. The molecular weight excluding hydrogens is 479 g/mol. The first-order valence-corrected chi connectivity index (χ1v) is 9.69. The van der Waals surface area contributed by atoms with Crippen molar-refractivity contribution < 1.29 is 9.53 Å². The molecule has 2 aromatic rings. The Morgan fingerprint density at radius 1 is 1.17 bits per heavy atom. The van der Waals surface area contributed by atoms with E-state index < -0.39 is 0 Å². The molecule has 156 valence electrons. The van der Waals surface area contributed by atoms with Gasteiger partial charge in [-0.1, -0.05) is 38.1 Å². The molecule has 1 fully saturated rings. The summed E-state index contributed by atoms with van der Waals surface area (Å²) in [5.41, 5.74) is 9.90. The second-order valence-corrected chi connectivity index (χ2v) is 7.30. The molecule has 1 saturated heterocycles. The number of hydrogen-bond acceptors (Lipinski definition) is 3. The molecule has 1 unspecified atom stereocenters. The van der Waals surface area contributed by atoms with Gasteiger partial charge in [-0.25, -0.2) is 4.99 Å². The van der Waals surface area contributed by atoms with Crippen molar-refractivity contribution in [2.24, 2.45) is 10.7 Å². The van der Waals surface area contributed by atoms with Crippen molar-refractivity contribution >= 4 is 47.2 Å². The highest BCUT2D eigenvalue weighted by Crippen LogP contribution is 2.19. The number of guanidine groups is 1. The molecule has 0 spiro atoms. The molecule has 4 N–H and O–H groups in total. The van der Waals surface area contributed by atoms with Gasteiger partial charge >= 0.3 is 0 Å². The summed E-state index contributed by atoms with van der Waals surface area (Å²) in [6, 6.07) is 15.8. The van der Waals surface area contributed by atoms with E-state index in [1.54, 1.807) is 0 Å². The number of benzene rings is 2. The van der Waals surface area contributed by atoms with Gasteiger partial charge in [-0.05, 0) is 54.2 Å². The number of carbonyl (C=O) groups is 1. The van der Waals surface area contributed by atoms with Crippen LogP contribution >= 0.6 is 24.0 Å². The Labute approximate surface area is 189 Å².